The number of fused-ring (bicyclic) bond motifs is 1. The van der Waals surface area contributed by atoms with Crippen LogP contribution in [0.25, 0.3) is 10.9 Å². The van der Waals surface area contributed by atoms with E-state index in [2.05, 4.69) is 22.2 Å². The van der Waals surface area contributed by atoms with Crippen molar-refractivity contribution >= 4 is 22.8 Å². The highest BCUT2D eigenvalue weighted by molar-refractivity contribution is 6.00. The third-order valence-electron chi connectivity index (χ3n) is 6.17. The van der Waals surface area contributed by atoms with Crippen LogP contribution in [0.3, 0.4) is 0 Å². The first-order valence-corrected chi connectivity index (χ1v) is 11.9. The predicted octanol–water partition coefficient (Wildman–Crippen LogP) is 4.48. The molecule has 8 nitrogen and oxygen atoms in total. The summed E-state index contributed by atoms with van der Waals surface area (Å²) in [5.41, 5.74) is 16.0. The maximum Gasteiger partial charge on any atom is 0.405 e. The van der Waals surface area contributed by atoms with E-state index in [9.17, 15) is 9.59 Å². The molecule has 1 unspecified atom stereocenters. The second-order valence-electron chi connectivity index (χ2n) is 9.67. The molecule has 4 N–H and O–H groups in total. The maximum atomic E-state index is 13.0. The van der Waals surface area contributed by atoms with Crippen molar-refractivity contribution in [3.63, 3.8) is 0 Å². The van der Waals surface area contributed by atoms with Gasteiger partial charge in [-0.05, 0) is 68.5 Å². The Morgan fingerprint density at radius 3 is 2.50 bits per heavy atom. The van der Waals surface area contributed by atoms with Crippen molar-refractivity contribution in [2.45, 2.75) is 51.8 Å². The van der Waals surface area contributed by atoms with Crippen LogP contribution in [-0.4, -0.2) is 32.2 Å². The average Bonchev–Trinajstić information content (AvgIpc) is 3.30. The van der Waals surface area contributed by atoms with Crippen molar-refractivity contribution in [1.82, 2.24) is 14.8 Å². The van der Waals surface area contributed by atoms with Crippen LogP contribution >= 0.6 is 0 Å². The number of nitrogens with zero attached hydrogens (tertiary/aromatic N) is 3. The highest BCUT2D eigenvalue weighted by atomic mass is 16.6. The summed E-state index contributed by atoms with van der Waals surface area (Å²) in [4.78, 5) is 28.6. The van der Waals surface area contributed by atoms with Crippen LogP contribution < -0.4 is 11.5 Å². The van der Waals surface area contributed by atoms with Crippen LogP contribution in [-0.2, 0) is 17.7 Å². The number of ether oxygens (including phenoxy) is 1. The molecule has 2 aromatic carbocycles. The van der Waals surface area contributed by atoms with Crippen LogP contribution in [0.15, 0.2) is 67.0 Å². The SMILES string of the molecule is Cc1ccc2cc(Cn3cc(C(=O)C(N)c4ccc(CCC(C)(C)OC(N)=O)cc4)cn3)ccc2n1. The van der Waals surface area contributed by atoms with Gasteiger partial charge in [-0.2, -0.15) is 5.10 Å². The second kappa shape index (κ2) is 10.3. The molecule has 8 heteroatoms. The molecule has 1 amide bonds. The third-order valence-corrected chi connectivity index (χ3v) is 6.17. The molecular weight excluding hydrogens is 454 g/mol. The summed E-state index contributed by atoms with van der Waals surface area (Å²) in [5.74, 6) is -0.192. The van der Waals surface area contributed by atoms with Gasteiger partial charge in [0.1, 0.15) is 5.60 Å². The Balaban J connectivity index is 1.38. The number of benzene rings is 2. The zero-order chi connectivity index (χ0) is 25.9. The monoisotopic (exact) mass is 485 g/mol. The zero-order valence-corrected chi connectivity index (χ0v) is 20.8. The standard InChI is InChI=1S/C28H31N5O3/c1-18-4-8-22-14-20(7-11-24(22)32-18)16-33-17-23(15-31-33)26(34)25(29)21-9-5-19(6-10-21)12-13-28(2,3)36-27(30)35/h4-11,14-15,17,25H,12-13,16,29H2,1-3H3,(H2,30,35). The number of aryl methyl sites for hydroxylation is 2. The van der Waals surface area contributed by atoms with E-state index in [0.29, 0.717) is 24.9 Å². The zero-order valence-electron chi connectivity index (χ0n) is 20.8. The molecule has 0 saturated heterocycles. The molecular formula is C28H31N5O3. The molecule has 0 aliphatic carbocycles. The molecule has 186 valence electrons. The number of ketones is 1. The van der Waals surface area contributed by atoms with Gasteiger partial charge in [-0.25, -0.2) is 4.79 Å². The van der Waals surface area contributed by atoms with Gasteiger partial charge >= 0.3 is 6.09 Å². The van der Waals surface area contributed by atoms with Gasteiger partial charge in [-0.1, -0.05) is 36.4 Å². The summed E-state index contributed by atoms with van der Waals surface area (Å²) in [6.07, 6.45) is 3.82. The number of hydrogen-bond acceptors (Lipinski definition) is 6. The minimum absolute atomic E-state index is 0.192. The van der Waals surface area contributed by atoms with Crippen molar-refractivity contribution in [1.29, 1.82) is 0 Å². The lowest BCUT2D eigenvalue weighted by molar-refractivity contribution is 0.0394. The van der Waals surface area contributed by atoms with Crippen LogP contribution in [0.4, 0.5) is 4.79 Å². The number of carbonyl (C=O) groups is 2. The van der Waals surface area contributed by atoms with Crippen molar-refractivity contribution in [2.24, 2.45) is 11.5 Å². The molecule has 0 saturated carbocycles. The predicted molar refractivity (Wildman–Crippen MR) is 139 cm³/mol. The number of pyridine rings is 1. The summed E-state index contributed by atoms with van der Waals surface area (Å²) in [6.45, 7) is 6.15. The first-order valence-electron chi connectivity index (χ1n) is 11.9. The van der Waals surface area contributed by atoms with Crippen molar-refractivity contribution in [2.75, 3.05) is 0 Å². The van der Waals surface area contributed by atoms with Gasteiger partial charge < -0.3 is 16.2 Å². The van der Waals surface area contributed by atoms with Crippen molar-refractivity contribution in [3.8, 4) is 0 Å². The Hall–Kier alpha value is -4.04. The number of primary amides is 1. The highest BCUT2D eigenvalue weighted by Gasteiger charge is 2.22. The molecule has 2 heterocycles. The molecule has 0 aliphatic rings. The minimum Gasteiger partial charge on any atom is -0.444 e. The molecule has 36 heavy (non-hydrogen) atoms. The lowest BCUT2D eigenvalue weighted by Gasteiger charge is -2.23. The lowest BCUT2D eigenvalue weighted by atomic mass is 9.95. The topological polar surface area (TPSA) is 126 Å². The average molecular weight is 486 g/mol. The van der Waals surface area contributed by atoms with E-state index in [1.54, 1.807) is 17.1 Å². The maximum absolute atomic E-state index is 13.0. The van der Waals surface area contributed by atoms with Gasteiger partial charge in [0.2, 0.25) is 0 Å². The third kappa shape index (κ3) is 6.14. The summed E-state index contributed by atoms with van der Waals surface area (Å²) in [7, 11) is 0. The smallest absolute Gasteiger partial charge is 0.405 e. The van der Waals surface area contributed by atoms with Crippen LogP contribution in [0.2, 0.25) is 0 Å². The second-order valence-corrected chi connectivity index (χ2v) is 9.67. The van der Waals surface area contributed by atoms with E-state index in [1.807, 2.05) is 63.2 Å². The summed E-state index contributed by atoms with van der Waals surface area (Å²) < 4.78 is 6.87. The fourth-order valence-electron chi connectivity index (χ4n) is 4.13. The van der Waals surface area contributed by atoms with Gasteiger partial charge in [0, 0.05) is 17.3 Å². The molecule has 4 aromatic rings. The van der Waals surface area contributed by atoms with E-state index in [4.69, 9.17) is 16.2 Å². The van der Waals surface area contributed by atoms with Crippen molar-refractivity contribution < 1.29 is 14.3 Å². The Morgan fingerprint density at radius 1 is 1.06 bits per heavy atom. The van der Waals surface area contributed by atoms with Gasteiger partial charge in [0.15, 0.2) is 5.78 Å². The quantitative estimate of drug-likeness (QED) is 0.337. The normalized spacial score (nSPS) is 12.4. The summed E-state index contributed by atoms with van der Waals surface area (Å²) >= 11 is 0. The Bertz CT molecular complexity index is 1390. The van der Waals surface area contributed by atoms with Gasteiger partial charge in [0.05, 0.1) is 29.9 Å². The van der Waals surface area contributed by atoms with Crippen molar-refractivity contribution in [3.05, 3.63) is 94.9 Å². The number of rotatable bonds is 9. The van der Waals surface area contributed by atoms with Crippen LogP contribution in [0.5, 0.6) is 0 Å². The van der Waals surface area contributed by atoms with Crippen LogP contribution in [0.1, 0.15) is 59.1 Å². The number of aromatic nitrogens is 3. The molecule has 0 aliphatic heterocycles. The molecule has 0 bridgehead atoms. The molecule has 4 rings (SSSR count). The van der Waals surface area contributed by atoms with E-state index in [1.165, 1.54) is 0 Å². The largest absolute Gasteiger partial charge is 0.444 e. The molecule has 0 fully saturated rings. The summed E-state index contributed by atoms with van der Waals surface area (Å²) in [5, 5.41) is 5.43. The van der Waals surface area contributed by atoms with Gasteiger partial charge in [-0.15, -0.1) is 0 Å². The lowest BCUT2D eigenvalue weighted by Crippen LogP contribution is -2.31. The number of nitrogens with two attached hydrogens (primary N) is 2. The van der Waals surface area contributed by atoms with Crippen LogP contribution in [0, 0.1) is 6.92 Å². The number of carbonyl (C=O) groups excluding carboxylic acids is 2. The van der Waals surface area contributed by atoms with Gasteiger partial charge in [0.25, 0.3) is 0 Å². The van der Waals surface area contributed by atoms with Gasteiger partial charge in [-0.3, -0.25) is 14.5 Å². The van der Waals surface area contributed by atoms with E-state index in [0.717, 1.165) is 33.3 Å². The molecule has 2 aromatic heterocycles. The number of Topliss-reactive ketones (excluding diaryl/α,β-unsaturated/α-hetero) is 1. The number of amides is 1. The highest BCUT2D eigenvalue weighted by Crippen LogP contribution is 2.21. The molecule has 1 atom stereocenters. The first kappa shape index (κ1) is 25.1. The number of hydrogen-bond donors (Lipinski definition) is 2. The molecule has 0 spiro atoms. The first-order chi connectivity index (χ1) is 17.1. The Morgan fingerprint density at radius 2 is 1.78 bits per heavy atom. The summed E-state index contributed by atoms with van der Waals surface area (Å²) in [6, 6.07) is 16.9. The Kier molecular flexibility index (Phi) is 7.17. The fraction of sp³-hybridized carbons (Fsp3) is 0.286. The van der Waals surface area contributed by atoms with E-state index in [-0.39, 0.29) is 5.78 Å². The van der Waals surface area contributed by atoms with E-state index < -0.39 is 17.7 Å². The van der Waals surface area contributed by atoms with E-state index >= 15 is 0 Å². The molecule has 0 radical (unpaired) electrons. The minimum atomic E-state index is -0.790. The Labute approximate surface area is 210 Å². The fourth-order valence-corrected chi connectivity index (χ4v) is 4.13.